The predicted octanol–water partition coefficient (Wildman–Crippen LogP) is 7.09. The molecule has 0 amide bonds. The van der Waals surface area contributed by atoms with Gasteiger partial charge in [-0.25, -0.2) is 0 Å². The summed E-state index contributed by atoms with van der Waals surface area (Å²) < 4.78 is 49.4. The molecule has 0 unspecified atom stereocenters. The van der Waals surface area contributed by atoms with E-state index in [-0.39, 0.29) is 18.2 Å². The number of ether oxygens (including phenoxy) is 2. The number of methoxy groups -OCH3 is 2. The summed E-state index contributed by atoms with van der Waals surface area (Å²) in [5.41, 5.74) is 4.84. The van der Waals surface area contributed by atoms with Gasteiger partial charge >= 0.3 is 6.18 Å². The van der Waals surface area contributed by atoms with Gasteiger partial charge in [0.2, 0.25) is 0 Å². The maximum atomic E-state index is 12.6. The van der Waals surface area contributed by atoms with Gasteiger partial charge < -0.3 is 9.47 Å². The molecular formula is C29H35F3N2O3. The molecule has 8 heteroatoms. The maximum Gasteiger partial charge on any atom is 0.433 e. The fraction of sp³-hybridized carbons (Fsp3) is 0.448. The highest BCUT2D eigenvalue weighted by Gasteiger charge is 2.38. The van der Waals surface area contributed by atoms with Crippen LogP contribution >= 0.6 is 0 Å². The van der Waals surface area contributed by atoms with Crippen molar-refractivity contribution >= 4 is 5.78 Å². The number of aryl methyl sites for hydroxylation is 1. The highest BCUT2D eigenvalue weighted by Crippen LogP contribution is 2.41. The minimum absolute atomic E-state index is 0.148. The Morgan fingerprint density at radius 2 is 1.81 bits per heavy atom. The van der Waals surface area contributed by atoms with Crippen LogP contribution < -0.4 is 9.47 Å². The second-order valence-electron chi connectivity index (χ2n) is 9.40. The molecule has 1 aromatic heterocycles. The second kappa shape index (κ2) is 11.8. The largest absolute Gasteiger partial charge is 0.497 e. The van der Waals surface area contributed by atoms with E-state index < -0.39 is 11.9 Å². The van der Waals surface area contributed by atoms with E-state index in [2.05, 4.69) is 50.1 Å². The first-order valence-electron chi connectivity index (χ1n) is 12.4. The molecule has 4 rings (SSSR count). The van der Waals surface area contributed by atoms with Crippen molar-refractivity contribution in [3.8, 4) is 11.5 Å². The van der Waals surface area contributed by atoms with Crippen molar-refractivity contribution in [2.45, 2.75) is 71.5 Å². The minimum atomic E-state index is -4.45. The van der Waals surface area contributed by atoms with Crippen molar-refractivity contribution in [3.63, 3.8) is 0 Å². The van der Waals surface area contributed by atoms with Crippen molar-refractivity contribution in [2.75, 3.05) is 14.2 Å². The van der Waals surface area contributed by atoms with Crippen LogP contribution in [-0.2, 0) is 23.9 Å². The van der Waals surface area contributed by atoms with Crippen LogP contribution in [0.1, 0.15) is 79.1 Å². The maximum absolute atomic E-state index is 12.6. The molecule has 1 saturated carbocycles. The number of halogens is 3. The summed E-state index contributed by atoms with van der Waals surface area (Å²) in [7, 11) is 3.44. The summed E-state index contributed by atoms with van der Waals surface area (Å²) in [5, 5.41) is 3.85. The van der Waals surface area contributed by atoms with Crippen LogP contribution in [0.25, 0.3) is 0 Å². The zero-order valence-corrected chi connectivity index (χ0v) is 22.3. The molecule has 0 bridgehead atoms. The molecule has 5 nitrogen and oxygen atoms in total. The summed E-state index contributed by atoms with van der Waals surface area (Å²) in [6.45, 7) is 7.49. The number of hydrogen-bond acceptors (Lipinski definition) is 4. The minimum Gasteiger partial charge on any atom is -0.497 e. The Morgan fingerprint density at radius 3 is 2.35 bits per heavy atom. The van der Waals surface area contributed by atoms with Gasteiger partial charge in [0.1, 0.15) is 17.2 Å². The Kier molecular flexibility index (Phi) is 9.05. The van der Waals surface area contributed by atoms with Crippen molar-refractivity contribution in [3.05, 3.63) is 76.1 Å². The fourth-order valence-electron chi connectivity index (χ4n) is 4.50. The average Bonchev–Trinajstić information content (AvgIpc) is 3.62. The summed E-state index contributed by atoms with van der Waals surface area (Å²) in [4.78, 5) is 10.9. The lowest BCUT2D eigenvalue weighted by Gasteiger charge is -2.20. The van der Waals surface area contributed by atoms with E-state index in [0.29, 0.717) is 11.6 Å². The van der Waals surface area contributed by atoms with Crippen molar-refractivity contribution in [2.24, 2.45) is 0 Å². The number of alkyl halides is 3. The smallest absolute Gasteiger partial charge is 0.433 e. The summed E-state index contributed by atoms with van der Waals surface area (Å²) in [6.07, 6.45) is -1.68. The average molecular weight is 517 g/mol. The molecule has 1 aliphatic carbocycles. The van der Waals surface area contributed by atoms with E-state index >= 15 is 0 Å². The highest BCUT2D eigenvalue weighted by molar-refractivity contribution is 5.75. The molecule has 0 spiro atoms. The molecule has 0 radical (unpaired) electrons. The molecule has 0 aliphatic heterocycles. The molecule has 0 saturated heterocycles. The third-order valence-electron chi connectivity index (χ3n) is 6.67. The van der Waals surface area contributed by atoms with Gasteiger partial charge in [-0.05, 0) is 79.6 Å². The molecule has 1 aliphatic rings. The Labute approximate surface area is 216 Å². The Hall–Kier alpha value is -3.29. The number of benzene rings is 2. The van der Waals surface area contributed by atoms with Crippen LogP contribution in [0.5, 0.6) is 11.5 Å². The number of carbonyl (C=O) groups excluding carboxylic acids is 1. The number of ketones is 1. The van der Waals surface area contributed by atoms with E-state index in [1.807, 2.05) is 12.1 Å². The van der Waals surface area contributed by atoms with Crippen LogP contribution in [0.4, 0.5) is 13.2 Å². The van der Waals surface area contributed by atoms with E-state index in [4.69, 9.17) is 9.47 Å². The monoisotopic (exact) mass is 516 g/mol. The van der Waals surface area contributed by atoms with Gasteiger partial charge in [0.15, 0.2) is 5.78 Å². The van der Waals surface area contributed by atoms with Crippen LogP contribution in [0.15, 0.2) is 42.5 Å². The molecule has 3 aromatic rings. The lowest BCUT2D eigenvalue weighted by molar-refractivity contribution is -0.144. The van der Waals surface area contributed by atoms with Crippen molar-refractivity contribution in [1.82, 2.24) is 9.78 Å². The van der Waals surface area contributed by atoms with Crippen LogP contribution in [0, 0.1) is 6.92 Å². The molecule has 37 heavy (non-hydrogen) atoms. The normalized spacial score (nSPS) is 14.0. The molecule has 1 heterocycles. The Morgan fingerprint density at radius 1 is 1.11 bits per heavy atom. The topological polar surface area (TPSA) is 53.4 Å². The molecule has 1 fully saturated rings. The van der Waals surface area contributed by atoms with Crippen molar-refractivity contribution in [1.29, 1.82) is 0 Å². The number of carbonyl (C=O) groups is 1. The molecular weight excluding hydrogens is 481 g/mol. The quantitative estimate of drug-likeness (QED) is 0.321. The molecule has 1 atom stereocenters. The van der Waals surface area contributed by atoms with Crippen LogP contribution in [0.3, 0.4) is 0 Å². The van der Waals surface area contributed by atoms with Gasteiger partial charge in [-0.15, -0.1) is 0 Å². The van der Waals surface area contributed by atoms with Gasteiger partial charge in [-0.2, -0.15) is 18.3 Å². The lowest BCUT2D eigenvalue weighted by Crippen LogP contribution is -2.17. The van der Waals surface area contributed by atoms with Gasteiger partial charge in [-0.1, -0.05) is 32.0 Å². The lowest BCUT2D eigenvalue weighted by atomic mass is 9.86. The van der Waals surface area contributed by atoms with E-state index in [9.17, 15) is 18.0 Å². The third kappa shape index (κ3) is 6.93. The second-order valence-corrected chi connectivity index (χ2v) is 9.40. The first-order valence-corrected chi connectivity index (χ1v) is 12.4. The van der Waals surface area contributed by atoms with Gasteiger partial charge in [0.05, 0.1) is 26.5 Å². The van der Waals surface area contributed by atoms with E-state index in [1.165, 1.54) is 29.2 Å². The molecule has 200 valence electrons. The first-order chi connectivity index (χ1) is 17.5. The zero-order valence-electron chi connectivity index (χ0n) is 22.3. The number of rotatable bonds is 8. The van der Waals surface area contributed by atoms with E-state index in [0.717, 1.165) is 41.5 Å². The van der Waals surface area contributed by atoms with Gasteiger partial charge in [0.25, 0.3) is 0 Å². The zero-order chi connectivity index (χ0) is 27.3. The summed E-state index contributed by atoms with van der Waals surface area (Å²) in [5.74, 6) is 2.02. The first kappa shape index (κ1) is 28.3. The Bertz CT molecular complexity index is 1230. The van der Waals surface area contributed by atoms with Crippen LogP contribution in [-0.4, -0.2) is 29.8 Å². The van der Waals surface area contributed by atoms with Crippen LogP contribution in [0.2, 0.25) is 0 Å². The number of Topliss-reactive ketones (excluding diaryl/α,β-unsaturated/α-hetero) is 1. The SMILES string of the molecule is CC(=O)Cn1nc(C2CC2)cc1C(F)(F)F.CCc1cc(OC)ccc1[C@H](C)c1cccc(OC)c1C. The standard InChI is InChI=1S/C19H24O2.C10H11F3N2O/c1-6-15-12-16(20-4)10-11-18(15)13(2)17-8-7-9-19(21-5)14(17)3;1-6(16)5-15-9(10(11,12)13)4-8(14-15)7-2-3-7/h7-13H,6H2,1-5H3;4,7H,2-3,5H2,1H3/t13-;/m1./s1. The molecule has 0 N–H and O–H groups in total. The van der Waals surface area contributed by atoms with Gasteiger partial charge in [-0.3, -0.25) is 9.48 Å². The third-order valence-corrected chi connectivity index (χ3v) is 6.67. The molecule has 2 aromatic carbocycles. The number of aromatic nitrogens is 2. The summed E-state index contributed by atoms with van der Waals surface area (Å²) >= 11 is 0. The van der Waals surface area contributed by atoms with Gasteiger partial charge in [0, 0.05) is 11.8 Å². The highest BCUT2D eigenvalue weighted by atomic mass is 19.4. The number of nitrogens with zero attached hydrogens (tertiary/aromatic N) is 2. The predicted molar refractivity (Wildman–Crippen MR) is 138 cm³/mol. The van der Waals surface area contributed by atoms with Crippen molar-refractivity contribution < 1.29 is 27.4 Å². The fourth-order valence-corrected chi connectivity index (χ4v) is 4.50. The Balaban J connectivity index is 0.000000213. The number of hydrogen-bond donors (Lipinski definition) is 0. The summed E-state index contributed by atoms with van der Waals surface area (Å²) in [6, 6.07) is 13.7. The van der Waals surface area contributed by atoms with E-state index in [1.54, 1.807) is 14.2 Å².